The SMILES string of the molecule is ClC(Cl)=C1c2ccccc2CCN1c1ccccc1. The van der Waals surface area contributed by atoms with Gasteiger partial charge >= 0.3 is 0 Å². The molecule has 0 spiro atoms. The number of rotatable bonds is 1. The molecule has 0 unspecified atom stereocenters. The molecule has 2 aromatic carbocycles. The van der Waals surface area contributed by atoms with Gasteiger partial charge in [-0.3, -0.25) is 0 Å². The number of anilines is 1. The number of fused-ring (bicyclic) bond motifs is 1. The monoisotopic (exact) mass is 289 g/mol. The first-order valence-electron chi connectivity index (χ1n) is 6.23. The van der Waals surface area contributed by atoms with Gasteiger partial charge in [-0.15, -0.1) is 0 Å². The lowest BCUT2D eigenvalue weighted by atomic mass is 9.96. The molecule has 0 radical (unpaired) electrons. The molecule has 0 amide bonds. The lowest BCUT2D eigenvalue weighted by molar-refractivity contribution is 0.884. The Kier molecular flexibility index (Phi) is 3.50. The molecule has 3 rings (SSSR count). The van der Waals surface area contributed by atoms with E-state index in [2.05, 4.69) is 35.2 Å². The molecule has 0 bridgehead atoms. The summed E-state index contributed by atoms with van der Waals surface area (Å²) < 4.78 is 0.316. The van der Waals surface area contributed by atoms with Crippen molar-refractivity contribution in [1.82, 2.24) is 0 Å². The van der Waals surface area contributed by atoms with Crippen molar-refractivity contribution >= 4 is 34.6 Å². The van der Waals surface area contributed by atoms with E-state index in [0.29, 0.717) is 4.49 Å². The summed E-state index contributed by atoms with van der Waals surface area (Å²) in [6.45, 7) is 0.888. The number of halogens is 2. The van der Waals surface area contributed by atoms with Crippen LogP contribution in [-0.4, -0.2) is 6.54 Å². The fourth-order valence-electron chi connectivity index (χ4n) is 2.53. The van der Waals surface area contributed by atoms with E-state index in [-0.39, 0.29) is 0 Å². The molecule has 0 fully saturated rings. The summed E-state index contributed by atoms with van der Waals surface area (Å²) in [5, 5.41) is 0. The van der Waals surface area contributed by atoms with Crippen LogP contribution >= 0.6 is 23.2 Å². The predicted molar refractivity (Wildman–Crippen MR) is 82.6 cm³/mol. The Morgan fingerprint density at radius 2 is 1.58 bits per heavy atom. The van der Waals surface area contributed by atoms with Crippen LogP contribution in [0.25, 0.3) is 5.70 Å². The first-order valence-corrected chi connectivity index (χ1v) is 6.99. The van der Waals surface area contributed by atoms with Crippen LogP contribution in [0.3, 0.4) is 0 Å². The second kappa shape index (κ2) is 5.28. The van der Waals surface area contributed by atoms with Crippen LogP contribution in [0.1, 0.15) is 11.1 Å². The second-order valence-electron chi connectivity index (χ2n) is 4.50. The van der Waals surface area contributed by atoms with Crippen molar-refractivity contribution in [3.05, 3.63) is 70.2 Å². The maximum absolute atomic E-state index is 6.13. The van der Waals surface area contributed by atoms with Crippen molar-refractivity contribution in [2.75, 3.05) is 11.4 Å². The fraction of sp³-hybridized carbons (Fsp3) is 0.125. The molecule has 19 heavy (non-hydrogen) atoms. The first-order chi connectivity index (χ1) is 9.27. The molecule has 2 aromatic rings. The zero-order chi connectivity index (χ0) is 13.2. The van der Waals surface area contributed by atoms with Gasteiger partial charge in [-0.05, 0) is 24.1 Å². The summed E-state index contributed by atoms with van der Waals surface area (Å²) in [7, 11) is 0. The Labute approximate surface area is 123 Å². The molecule has 0 aliphatic carbocycles. The third kappa shape index (κ3) is 2.36. The van der Waals surface area contributed by atoms with Gasteiger partial charge in [0, 0.05) is 17.8 Å². The molecule has 0 saturated heterocycles. The van der Waals surface area contributed by atoms with E-state index in [1.54, 1.807) is 0 Å². The minimum absolute atomic E-state index is 0.316. The van der Waals surface area contributed by atoms with Crippen LogP contribution in [0.5, 0.6) is 0 Å². The molecule has 96 valence electrons. The van der Waals surface area contributed by atoms with Crippen molar-refractivity contribution in [1.29, 1.82) is 0 Å². The highest BCUT2D eigenvalue weighted by molar-refractivity contribution is 6.58. The molecule has 0 atom stereocenters. The van der Waals surface area contributed by atoms with Gasteiger partial charge in [-0.25, -0.2) is 0 Å². The van der Waals surface area contributed by atoms with Gasteiger partial charge in [0.25, 0.3) is 0 Å². The second-order valence-corrected chi connectivity index (χ2v) is 5.45. The van der Waals surface area contributed by atoms with Crippen molar-refractivity contribution < 1.29 is 0 Å². The molecule has 1 aliphatic rings. The molecule has 0 aromatic heterocycles. The van der Waals surface area contributed by atoms with E-state index < -0.39 is 0 Å². The van der Waals surface area contributed by atoms with Gasteiger partial charge in [0.1, 0.15) is 4.49 Å². The highest BCUT2D eigenvalue weighted by atomic mass is 35.5. The van der Waals surface area contributed by atoms with Crippen molar-refractivity contribution in [2.45, 2.75) is 6.42 Å². The van der Waals surface area contributed by atoms with Gasteiger partial charge < -0.3 is 4.90 Å². The van der Waals surface area contributed by atoms with E-state index in [1.165, 1.54) is 5.56 Å². The normalized spacial score (nSPS) is 14.2. The number of nitrogens with zero attached hydrogens (tertiary/aromatic N) is 1. The van der Waals surface area contributed by atoms with Crippen LogP contribution in [0, 0.1) is 0 Å². The number of benzene rings is 2. The summed E-state index contributed by atoms with van der Waals surface area (Å²) >= 11 is 12.3. The van der Waals surface area contributed by atoms with Crippen molar-refractivity contribution in [2.24, 2.45) is 0 Å². The summed E-state index contributed by atoms with van der Waals surface area (Å²) in [5.74, 6) is 0. The van der Waals surface area contributed by atoms with Gasteiger partial charge in [-0.1, -0.05) is 65.7 Å². The van der Waals surface area contributed by atoms with Crippen LogP contribution in [-0.2, 0) is 6.42 Å². The van der Waals surface area contributed by atoms with Gasteiger partial charge in [0.2, 0.25) is 0 Å². The molecule has 1 heterocycles. The molecular formula is C16H13Cl2N. The Hall–Kier alpha value is -1.44. The van der Waals surface area contributed by atoms with Crippen LogP contribution in [0.2, 0.25) is 0 Å². The van der Waals surface area contributed by atoms with E-state index in [0.717, 1.165) is 29.9 Å². The molecular weight excluding hydrogens is 277 g/mol. The quantitative estimate of drug-likeness (QED) is 0.725. The first kappa shape index (κ1) is 12.6. The molecule has 0 N–H and O–H groups in total. The van der Waals surface area contributed by atoms with E-state index in [9.17, 15) is 0 Å². The Bertz CT molecular complexity index is 616. The molecule has 1 aliphatic heterocycles. The average molecular weight is 290 g/mol. The molecule has 3 heteroatoms. The zero-order valence-electron chi connectivity index (χ0n) is 10.3. The predicted octanol–water partition coefficient (Wildman–Crippen LogP) is 4.85. The number of hydrogen-bond donors (Lipinski definition) is 0. The van der Waals surface area contributed by atoms with Crippen LogP contribution < -0.4 is 4.90 Å². The van der Waals surface area contributed by atoms with Gasteiger partial charge in [-0.2, -0.15) is 0 Å². The lowest BCUT2D eigenvalue weighted by Crippen LogP contribution is -2.29. The van der Waals surface area contributed by atoms with E-state index >= 15 is 0 Å². The van der Waals surface area contributed by atoms with Crippen molar-refractivity contribution in [3.63, 3.8) is 0 Å². The smallest absolute Gasteiger partial charge is 0.131 e. The van der Waals surface area contributed by atoms with E-state index in [1.807, 2.05) is 24.3 Å². The van der Waals surface area contributed by atoms with Crippen LogP contribution in [0.15, 0.2) is 59.1 Å². The van der Waals surface area contributed by atoms with Gasteiger partial charge in [0.15, 0.2) is 0 Å². The number of hydrogen-bond acceptors (Lipinski definition) is 1. The fourth-order valence-corrected chi connectivity index (χ4v) is 2.94. The maximum Gasteiger partial charge on any atom is 0.131 e. The van der Waals surface area contributed by atoms with Gasteiger partial charge in [0.05, 0.1) is 5.70 Å². The lowest BCUT2D eigenvalue weighted by Gasteiger charge is -2.33. The number of para-hydroxylation sites is 1. The highest BCUT2D eigenvalue weighted by Gasteiger charge is 2.23. The summed E-state index contributed by atoms with van der Waals surface area (Å²) in [4.78, 5) is 2.18. The highest BCUT2D eigenvalue weighted by Crippen LogP contribution is 2.37. The zero-order valence-corrected chi connectivity index (χ0v) is 11.8. The Morgan fingerprint density at radius 1 is 0.895 bits per heavy atom. The summed E-state index contributed by atoms with van der Waals surface area (Å²) in [6, 6.07) is 18.5. The topological polar surface area (TPSA) is 3.24 Å². The molecule has 1 nitrogen and oxygen atoms in total. The summed E-state index contributed by atoms with van der Waals surface area (Å²) in [6.07, 6.45) is 0.996. The third-order valence-corrected chi connectivity index (χ3v) is 3.75. The Balaban J connectivity index is 2.13. The van der Waals surface area contributed by atoms with E-state index in [4.69, 9.17) is 23.2 Å². The minimum atomic E-state index is 0.316. The largest absolute Gasteiger partial charge is 0.339 e. The van der Waals surface area contributed by atoms with Crippen molar-refractivity contribution in [3.8, 4) is 0 Å². The average Bonchev–Trinajstić information content (AvgIpc) is 2.46. The summed E-state index contributed by atoms with van der Waals surface area (Å²) in [5.41, 5.74) is 4.43. The Morgan fingerprint density at radius 3 is 2.32 bits per heavy atom. The molecule has 0 saturated carbocycles. The minimum Gasteiger partial charge on any atom is -0.339 e. The maximum atomic E-state index is 6.13. The third-order valence-electron chi connectivity index (χ3n) is 3.39. The van der Waals surface area contributed by atoms with Crippen LogP contribution in [0.4, 0.5) is 5.69 Å². The standard InChI is InChI=1S/C16H13Cl2N/c17-16(18)15-14-9-5-4-6-12(14)10-11-19(15)13-7-2-1-3-8-13/h1-9H,10-11H2.